The molecule has 0 unspecified atom stereocenters. The molecule has 1 fully saturated rings. The summed E-state index contributed by atoms with van der Waals surface area (Å²) in [5.41, 5.74) is 0. The second kappa shape index (κ2) is 7.45. The van der Waals surface area contributed by atoms with Gasteiger partial charge in [0.25, 0.3) is 0 Å². The molecule has 0 aromatic carbocycles. The smallest absolute Gasteiger partial charge is 0.316 e. The first-order valence-corrected chi connectivity index (χ1v) is 6.79. The van der Waals surface area contributed by atoms with Crippen LogP contribution in [0.15, 0.2) is 0 Å². The van der Waals surface area contributed by atoms with Crippen molar-refractivity contribution in [1.82, 2.24) is 10.2 Å². The first-order valence-electron chi connectivity index (χ1n) is 6.79. The minimum atomic E-state index is -1.07. The van der Waals surface area contributed by atoms with E-state index in [2.05, 4.69) is 10.2 Å². The molecule has 1 aliphatic rings. The van der Waals surface area contributed by atoms with Gasteiger partial charge in [0.2, 0.25) is 5.91 Å². The lowest BCUT2D eigenvalue weighted by atomic mass is 9.95. The summed E-state index contributed by atoms with van der Waals surface area (Å²) in [6, 6.07) is 0. The average Bonchev–Trinajstić information content (AvgIpc) is 2.74. The van der Waals surface area contributed by atoms with Crippen LogP contribution in [0.1, 0.15) is 20.3 Å². The molecule has 2 atom stereocenters. The van der Waals surface area contributed by atoms with Crippen molar-refractivity contribution in [3.63, 3.8) is 0 Å². The number of carboxylic acids is 1. The van der Waals surface area contributed by atoms with Gasteiger partial charge in [0, 0.05) is 19.6 Å². The summed E-state index contributed by atoms with van der Waals surface area (Å²) in [6.45, 7) is 6.56. The van der Waals surface area contributed by atoms with Crippen molar-refractivity contribution >= 4 is 11.9 Å². The van der Waals surface area contributed by atoms with Gasteiger partial charge in [-0.15, -0.1) is 0 Å². The van der Waals surface area contributed by atoms with Gasteiger partial charge in [0.15, 0.2) is 0 Å². The zero-order valence-electron chi connectivity index (χ0n) is 11.6. The number of carbonyl (C=O) groups is 2. The molecule has 1 saturated heterocycles. The van der Waals surface area contributed by atoms with Gasteiger partial charge in [0.05, 0.1) is 6.61 Å². The van der Waals surface area contributed by atoms with Crippen LogP contribution in [0, 0.1) is 17.8 Å². The Bertz CT molecular complexity index is 320. The first-order chi connectivity index (χ1) is 8.95. The van der Waals surface area contributed by atoms with Crippen LogP contribution in [-0.4, -0.2) is 59.8 Å². The monoisotopic (exact) mass is 272 g/mol. The summed E-state index contributed by atoms with van der Waals surface area (Å²) in [5.74, 6) is -2.32. The number of likely N-dealkylation sites (tertiary alicyclic amines) is 1. The number of carboxylic acid groups (broad SMARTS) is 1. The average molecular weight is 272 g/mol. The maximum Gasteiger partial charge on any atom is 0.316 e. The summed E-state index contributed by atoms with van der Waals surface area (Å²) in [4.78, 5) is 25.0. The zero-order valence-corrected chi connectivity index (χ0v) is 11.6. The molecular formula is C13H24N2O4. The summed E-state index contributed by atoms with van der Waals surface area (Å²) >= 11 is 0. The van der Waals surface area contributed by atoms with Crippen LogP contribution in [0.5, 0.6) is 0 Å². The fraction of sp³-hybridized carbons (Fsp3) is 0.846. The fourth-order valence-corrected chi connectivity index (χ4v) is 2.48. The van der Waals surface area contributed by atoms with Crippen LogP contribution in [-0.2, 0) is 9.59 Å². The van der Waals surface area contributed by atoms with Crippen molar-refractivity contribution in [3.05, 3.63) is 0 Å². The Hall–Kier alpha value is -1.14. The molecule has 1 aliphatic heterocycles. The third-order valence-electron chi connectivity index (χ3n) is 3.57. The van der Waals surface area contributed by atoms with E-state index in [0.717, 1.165) is 19.5 Å². The number of nitrogens with one attached hydrogen (secondary N) is 1. The number of hydrogen-bond donors (Lipinski definition) is 3. The molecular weight excluding hydrogens is 248 g/mol. The van der Waals surface area contributed by atoms with Crippen molar-refractivity contribution in [2.75, 3.05) is 32.8 Å². The number of carbonyl (C=O) groups excluding carboxylic acids is 1. The zero-order chi connectivity index (χ0) is 14.4. The van der Waals surface area contributed by atoms with Crippen LogP contribution in [0.25, 0.3) is 0 Å². The van der Waals surface area contributed by atoms with Gasteiger partial charge in [0.1, 0.15) is 5.92 Å². The largest absolute Gasteiger partial charge is 0.481 e. The number of aliphatic hydroxyl groups excluding tert-OH is 1. The van der Waals surface area contributed by atoms with Crippen molar-refractivity contribution in [1.29, 1.82) is 0 Å². The van der Waals surface area contributed by atoms with Crippen LogP contribution < -0.4 is 5.32 Å². The lowest BCUT2D eigenvalue weighted by Crippen LogP contribution is -2.40. The molecule has 3 N–H and O–H groups in total. The molecule has 19 heavy (non-hydrogen) atoms. The highest BCUT2D eigenvalue weighted by atomic mass is 16.4. The molecule has 0 bridgehead atoms. The highest BCUT2D eigenvalue weighted by molar-refractivity contribution is 5.97. The Morgan fingerprint density at radius 3 is 2.63 bits per heavy atom. The van der Waals surface area contributed by atoms with Crippen LogP contribution >= 0.6 is 0 Å². The van der Waals surface area contributed by atoms with E-state index in [1.807, 2.05) is 0 Å². The van der Waals surface area contributed by atoms with Gasteiger partial charge in [-0.2, -0.15) is 0 Å². The maximum absolute atomic E-state index is 11.8. The van der Waals surface area contributed by atoms with E-state index < -0.39 is 17.8 Å². The molecule has 1 rings (SSSR count). The molecule has 0 aromatic rings. The predicted octanol–water partition coefficient (Wildman–Crippen LogP) is -0.226. The third-order valence-corrected chi connectivity index (χ3v) is 3.57. The van der Waals surface area contributed by atoms with E-state index in [1.165, 1.54) is 0 Å². The summed E-state index contributed by atoms with van der Waals surface area (Å²) in [7, 11) is 0. The van der Waals surface area contributed by atoms with E-state index in [9.17, 15) is 9.59 Å². The van der Waals surface area contributed by atoms with E-state index in [1.54, 1.807) is 13.8 Å². The molecule has 6 nitrogen and oxygen atoms in total. The standard InChI is InChI=1S/C13H24N2O4/c1-9(2)11(13(18)19)12(17)14-7-10-3-4-15(8-10)5-6-16/h9-11,16H,3-8H2,1-2H3,(H,14,17)(H,18,19)/t10-,11-/m0/s1. The highest BCUT2D eigenvalue weighted by Crippen LogP contribution is 2.16. The molecule has 1 heterocycles. The van der Waals surface area contributed by atoms with Gasteiger partial charge in [-0.25, -0.2) is 0 Å². The molecule has 0 spiro atoms. The first kappa shape index (κ1) is 15.9. The summed E-state index contributed by atoms with van der Waals surface area (Å²) in [6.07, 6.45) is 0.972. The molecule has 110 valence electrons. The summed E-state index contributed by atoms with van der Waals surface area (Å²) < 4.78 is 0. The Morgan fingerprint density at radius 2 is 2.11 bits per heavy atom. The lowest BCUT2D eigenvalue weighted by molar-refractivity contribution is -0.148. The van der Waals surface area contributed by atoms with Crippen molar-refractivity contribution in [2.45, 2.75) is 20.3 Å². The normalized spacial score (nSPS) is 21.6. The van der Waals surface area contributed by atoms with Crippen LogP contribution in [0.3, 0.4) is 0 Å². The number of nitrogens with zero attached hydrogens (tertiary/aromatic N) is 1. The highest BCUT2D eigenvalue weighted by Gasteiger charge is 2.30. The third kappa shape index (κ3) is 4.80. The topological polar surface area (TPSA) is 89.9 Å². The van der Waals surface area contributed by atoms with Gasteiger partial charge in [-0.1, -0.05) is 13.8 Å². The molecule has 0 saturated carbocycles. The van der Waals surface area contributed by atoms with Crippen molar-refractivity contribution in [3.8, 4) is 0 Å². The van der Waals surface area contributed by atoms with Crippen molar-refractivity contribution < 1.29 is 19.8 Å². The SMILES string of the molecule is CC(C)[C@H](C(=O)O)C(=O)NC[C@@H]1CCN(CCO)C1. The molecule has 1 amide bonds. The maximum atomic E-state index is 11.8. The number of amides is 1. The second-order valence-electron chi connectivity index (χ2n) is 5.48. The molecule has 6 heteroatoms. The number of hydrogen-bond acceptors (Lipinski definition) is 4. The van der Waals surface area contributed by atoms with Crippen LogP contribution in [0.4, 0.5) is 0 Å². The molecule has 0 aliphatic carbocycles. The minimum Gasteiger partial charge on any atom is -0.481 e. The van der Waals surface area contributed by atoms with E-state index in [4.69, 9.17) is 10.2 Å². The van der Waals surface area contributed by atoms with E-state index in [-0.39, 0.29) is 12.5 Å². The van der Waals surface area contributed by atoms with Gasteiger partial charge < -0.3 is 20.4 Å². The quantitative estimate of drug-likeness (QED) is 0.557. The molecule has 0 aromatic heterocycles. The summed E-state index contributed by atoms with van der Waals surface area (Å²) in [5, 5.41) is 20.6. The second-order valence-corrected chi connectivity index (χ2v) is 5.48. The Morgan fingerprint density at radius 1 is 1.42 bits per heavy atom. The number of β-amino-alcohol motifs (C(OH)–C–C–N with tert-alkyl or cyclic N) is 1. The lowest BCUT2D eigenvalue weighted by Gasteiger charge is -2.18. The fourth-order valence-electron chi connectivity index (χ4n) is 2.48. The number of aliphatic hydroxyl groups is 1. The number of aliphatic carboxylic acids is 1. The van der Waals surface area contributed by atoms with Gasteiger partial charge >= 0.3 is 5.97 Å². The van der Waals surface area contributed by atoms with E-state index in [0.29, 0.717) is 19.0 Å². The van der Waals surface area contributed by atoms with E-state index >= 15 is 0 Å². The van der Waals surface area contributed by atoms with Gasteiger partial charge in [-0.3, -0.25) is 9.59 Å². The predicted molar refractivity (Wildman–Crippen MR) is 70.6 cm³/mol. The van der Waals surface area contributed by atoms with Crippen LogP contribution in [0.2, 0.25) is 0 Å². The Labute approximate surface area is 113 Å². The molecule has 0 radical (unpaired) electrons. The Balaban J connectivity index is 2.36. The minimum absolute atomic E-state index is 0.146. The number of rotatable bonds is 7. The van der Waals surface area contributed by atoms with Gasteiger partial charge in [-0.05, 0) is 24.8 Å². The Kier molecular flexibility index (Phi) is 6.24. The van der Waals surface area contributed by atoms with Crippen molar-refractivity contribution in [2.24, 2.45) is 17.8 Å².